The summed E-state index contributed by atoms with van der Waals surface area (Å²) in [5.41, 5.74) is 2.67. The molecule has 1 N–H and O–H groups in total. The lowest BCUT2D eigenvalue weighted by molar-refractivity contribution is 0.0372. The molecule has 0 radical (unpaired) electrons. The highest BCUT2D eigenvalue weighted by atomic mass is 16.5. The number of benzene rings is 1. The predicted molar refractivity (Wildman–Crippen MR) is 101 cm³/mol. The summed E-state index contributed by atoms with van der Waals surface area (Å²) in [5, 5.41) is 3.48. The summed E-state index contributed by atoms with van der Waals surface area (Å²) in [7, 11) is 3.94. The Morgan fingerprint density at radius 3 is 2.71 bits per heavy atom. The Hall–Kier alpha value is -1.59. The van der Waals surface area contributed by atoms with Gasteiger partial charge >= 0.3 is 0 Å². The topological polar surface area (TPSA) is 40.1 Å². The number of morpholine rings is 1. The molecule has 1 fully saturated rings. The zero-order chi connectivity index (χ0) is 17.2. The SMILES string of the molecule is CN=C(NCCCCN1CCOCC1)N(C)Cc1ccccc1C. The first kappa shape index (κ1) is 18.7. The molecule has 0 aromatic heterocycles. The third-order valence-corrected chi connectivity index (χ3v) is 4.53. The van der Waals surface area contributed by atoms with Crippen molar-refractivity contribution < 1.29 is 4.74 Å². The molecule has 24 heavy (non-hydrogen) atoms. The largest absolute Gasteiger partial charge is 0.379 e. The summed E-state index contributed by atoms with van der Waals surface area (Å²) < 4.78 is 5.38. The maximum atomic E-state index is 5.38. The monoisotopic (exact) mass is 332 g/mol. The molecule has 1 heterocycles. The van der Waals surface area contributed by atoms with Crippen LogP contribution in [0.25, 0.3) is 0 Å². The van der Waals surface area contributed by atoms with Gasteiger partial charge in [0, 0.05) is 40.3 Å². The lowest BCUT2D eigenvalue weighted by Gasteiger charge is -2.26. The van der Waals surface area contributed by atoms with Crippen LogP contribution in [-0.2, 0) is 11.3 Å². The average molecular weight is 332 g/mol. The van der Waals surface area contributed by atoms with Gasteiger partial charge in [-0.3, -0.25) is 9.89 Å². The second kappa shape index (κ2) is 10.3. The molecule has 5 heteroatoms. The van der Waals surface area contributed by atoms with E-state index in [1.165, 1.54) is 24.1 Å². The maximum absolute atomic E-state index is 5.38. The first-order valence-corrected chi connectivity index (χ1v) is 8.97. The molecule has 5 nitrogen and oxygen atoms in total. The third-order valence-electron chi connectivity index (χ3n) is 4.53. The Balaban J connectivity index is 1.67. The van der Waals surface area contributed by atoms with Crippen molar-refractivity contribution in [3.8, 4) is 0 Å². The van der Waals surface area contributed by atoms with Gasteiger partial charge in [0.05, 0.1) is 13.2 Å². The van der Waals surface area contributed by atoms with Crippen molar-refractivity contribution in [2.24, 2.45) is 4.99 Å². The van der Waals surface area contributed by atoms with Crippen LogP contribution in [0.5, 0.6) is 0 Å². The van der Waals surface area contributed by atoms with Crippen molar-refractivity contribution in [3.05, 3.63) is 35.4 Å². The highest BCUT2D eigenvalue weighted by molar-refractivity contribution is 5.79. The molecular formula is C19H32N4O. The van der Waals surface area contributed by atoms with Gasteiger partial charge in [0.15, 0.2) is 5.96 Å². The molecule has 134 valence electrons. The minimum Gasteiger partial charge on any atom is -0.379 e. The van der Waals surface area contributed by atoms with E-state index < -0.39 is 0 Å². The maximum Gasteiger partial charge on any atom is 0.193 e. The van der Waals surface area contributed by atoms with Gasteiger partial charge in [-0.15, -0.1) is 0 Å². The van der Waals surface area contributed by atoms with E-state index in [0.717, 1.165) is 51.8 Å². The van der Waals surface area contributed by atoms with Crippen molar-refractivity contribution >= 4 is 5.96 Å². The highest BCUT2D eigenvalue weighted by Gasteiger charge is 2.10. The zero-order valence-electron chi connectivity index (χ0n) is 15.4. The molecule has 1 saturated heterocycles. The van der Waals surface area contributed by atoms with E-state index in [9.17, 15) is 0 Å². The molecule has 0 unspecified atom stereocenters. The molecule has 0 amide bonds. The normalized spacial score (nSPS) is 16.2. The summed E-state index contributed by atoms with van der Waals surface area (Å²) in [6.45, 7) is 9.09. The fourth-order valence-electron chi connectivity index (χ4n) is 2.99. The lowest BCUT2D eigenvalue weighted by Crippen LogP contribution is -2.39. The number of aryl methyl sites for hydroxylation is 1. The average Bonchev–Trinajstić information content (AvgIpc) is 2.61. The van der Waals surface area contributed by atoms with E-state index in [-0.39, 0.29) is 0 Å². The Kier molecular flexibility index (Phi) is 8.05. The van der Waals surface area contributed by atoms with E-state index in [0.29, 0.717) is 0 Å². The van der Waals surface area contributed by atoms with Crippen molar-refractivity contribution in [2.75, 3.05) is 53.5 Å². The van der Waals surface area contributed by atoms with Gasteiger partial charge in [0.1, 0.15) is 0 Å². The number of rotatable bonds is 7. The molecule has 1 aliphatic rings. The summed E-state index contributed by atoms with van der Waals surface area (Å²) in [6.07, 6.45) is 2.38. The van der Waals surface area contributed by atoms with Crippen LogP contribution in [0, 0.1) is 6.92 Å². The van der Waals surface area contributed by atoms with Gasteiger partial charge in [0.2, 0.25) is 0 Å². The molecule has 0 bridgehead atoms. The molecular weight excluding hydrogens is 300 g/mol. The summed E-state index contributed by atoms with van der Waals surface area (Å²) in [5.74, 6) is 0.963. The number of ether oxygens (including phenoxy) is 1. The molecule has 1 aromatic rings. The van der Waals surface area contributed by atoms with E-state index in [1.54, 1.807) is 0 Å². The zero-order valence-corrected chi connectivity index (χ0v) is 15.4. The summed E-state index contributed by atoms with van der Waals surface area (Å²) in [4.78, 5) is 9.08. The van der Waals surface area contributed by atoms with Crippen LogP contribution >= 0.6 is 0 Å². The van der Waals surface area contributed by atoms with Crippen LogP contribution in [0.1, 0.15) is 24.0 Å². The first-order valence-electron chi connectivity index (χ1n) is 8.97. The number of hydrogen-bond donors (Lipinski definition) is 1. The van der Waals surface area contributed by atoms with Gasteiger partial charge in [-0.1, -0.05) is 24.3 Å². The summed E-state index contributed by atoms with van der Waals surface area (Å²) in [6, 6.07) is 8.52. The van der Waals surface area contributed by atoms with Gasteiger partial charge in [0.25, 0.3) is 0 Å². The molecule has 0 atom stereocenters. The van der Waals surface area contributed by atoms with Crippen LogP contribution in [0.2, 0.25) is 0 Å². The molecule has 0 spiro atoms. The van der Waals surface area contributed by atoms with E-state index in [4.69, 9.17) is 4.74 Å². The minimum atomic E-state index is 0.875. The number of unbranched alkanes of at least 4 members (excludes halogenated alkanes) is 1. The van der Waals surface area contributed by atoms with Crippen molar-refractivity contribution in [3.63, 3.8) is 0 Å². The van der Waals surface area contributed by atoms with Crippen LogP contribution in [0.3, 0.4) is 0 Å². The molecule has 0 aliphatic carbocycles. The number of guanidine groups is 1. The fourth-order valence-corrected chi connectivity index (χ4v) is 2.99. The van der Waals surface area contributed by atoms with Crippen molar-refractivity contribution in [1.29, 1.82) is 0 Å². The predicted octanol–water partition coefficient (Wildman–Crippen LogP) is 2.11. The highest BCUT2D eigenvalue weighted by Crippen LogP contribution is 2.09. The molecule has 0 saturated carbocycles. The van der Waals surface area contributed by atoms with Crippen molar-refractivity contribution in [1.82, 2.24) is 15.1 Å². The Morgan fingerprint density at radius 1 is 1.25 bits per heavy atom. The third kappa shape index (κ3) is 6.13. The molecule has 1 aromatic carbocycles. The Morgan fingerprint density at radius 2 is 2.00 bits per heavy atom. The van der Waals surface area contributed by atoms with Crippen LogP contribution in [-0.4, -0.2) is 69.2 Å². The van der Waals surface area contributed by atoms with Gasteiger partial charge < -0.3 is 15.0 Å². The number of aliphatic imine (C=N–C) groups is 1. The summed E-state index contributed by atoms with van der Waals surface area (Å²) >= 11 is 0. The standard InChI is InChI=1S/C19H32N4O/c1-17-8-4-5-9-18(17)16-22(3)19(20-2)21-10-6-7-11-23-12-14-24-15-13-23/h4-5,8-9H,6-7,10-16H2,1-3H3,(H,20,21). The number of nitrogens with zero attached hydrogens (tertiary/aromatic N) is 3. The fraction of sp³-hybridized carbons (Fsp3) is 0.632. The van der Waals surface area contributed by atoms with Crippen LogP contribution in [0.4, 0.5) is 0 Å². The van der Waals surface area contributed by atoms with E-state index in [1.807, 2.05) is 7.05 Å². The smallest absolute Gasteiger partial charge is 0.193 e. The van der Waals surface area contributed by atoms with Crippen molar-refractivity contribution in [2.45, 2.75) is 26.3 Å². The number of hydrogen-bond acceptors (Lipinski definition) is 3. The first-order chi connectivity index (χ1) is 11.7. The second-order valence-electron chi connectivity index (χ2n) is 6.42. The quantitative estimate of drug-likeness (QED) is 0.472. The molecule has 2 rings (SSSR count). The van der Waals surface area contributed by atoms with Gasteiger partial charge in [-0.2, -0.15) is 0 Å². The van der Waals surface area contributed by atoms with Crippen LogP contribution in [0.15, 0.2) is 29.3 Å². The number of nitrogens with one attached hydrogen (secondary N) is 1. The van der Waals surface area contributed by atoms with E-state index in [2.05, 4.69) is 58.3 Å². The minimum absolute atomic E-state index is 0.875. The lowest BCUT2D eigenvalue weighted by atomic mass is 10.1. The van der Waals surface area contributed by atoms with Gasteiger partial charge in [-0.25, -0.2) is 0 Å². The molecule has 1 aliphatic heterocycles. The van der Waals surface area contributed by atoms with E-state index >= 15 is 0 Å². The Labute approximate surface area is 146 Å². The second-order valence-corrected chi connectivity index (χ2v) is 6.42. The van der Waals surface area contributed by atoms with Crippen LogP contribution < -0.4 is 5.32 Å². The Bertz CT molecular complexity index is 512. The van der Waals surface area contributed by atoms with Gasteiger partial charge in [-0.05, 0) is 37.4 Å².